The summed E-state index contributed by atoms with van der Waals surface area (Å²) < 4.78 is 15.7. The number of amides is 2. The number of rotatable bonds is 15. The number of methoxy groups -OCH3 is 2. The highest BCUT2D eigenvalue weighted by Crippen LogP contribution is 2.36. The molecule has 4 unspecified atom stereocenters. The number of fused-ring (bicyclic) bond motifs is 1. The van der Waals surface area contributed by atoms with Gasteiger partial charge in [0.2, 0.25) is 5.91 Å². The van der Waals surface area contributed by atoms with Gasteiger partial charge in [0.05, 0.1) is 37.2 Å². The first kappa shape index (κ1) is 34.0. The van der Waals surface area contributed by atoms with Crippen molar-refractivity contribution in [3.05, 3.63) is 65.2 Å². The fourth-order valence-electron chi connectivity index (χ4n) is 4.97. The van der Waals surface area contributed by atoms with Gasteiger partial charge in [-0.05, 0) is 18.1 Å². The highest BCUT2D eigenvalue weighted by atomic mass is 16.6. The number of nitrogens with two attached hydrogens (primary N) is 1. The number of oxime groups is 1. The van der Waals surface area contributed by atoms with E-state index in [1.807, 2.05) is 19.1 Å². The van der Waals surface area contributed by atoms with Crippen molar-refractivity contribution in [1.82, 2.24) is 16.0 Å². The number of nitrogen functional groups attached to an aromatic ring is 1. The van der Waals surface area contributed by atoms with Crippen LogP contribution in [-0.2, 0) is 28.6 Å². The lowest BCUT2D eigenvalue weighted by molar-refractivity contribution is -0.144. The number of alkyl carbamates (subject to hydrolysis) is 1. The molecule has 0 aliphatic carbocycles. The number of hydrogen-bond donors (Lipinski definition) is 6. The van der Waals surface area contributed by atoms with E-state index in [1.165, 1.54) is 7.11 Å². The normalized spacial score (nSPS) is 18.6. The largest absolute Gasteiger partial charge is 0.467 e. The monoisotopic (exact) mass is 637 g/mol. The number of benzene rings is 2. The van der Waals surface area contributed by atoms with Crippen molar-refractivity contribution in [3.63, 3.8) is 0 Å². The van der Waals surface area contributed by atoms with E-state index in [1.54, 1.807) is 36.4 Å². The molecule has 46 heavy (non-hydrogen) atoms. The molecule has 2 aromatic rings. The second-order valence-electron chi connectivity index (χ2n) is 10.6. The Bertz CT molecular complexity index is 1480. The molecule has 4 rings (SSSR count). The van der Waals surface area contributed by atoms with Gasteiger partial charge in [-0.1, -0.05) is 61.0 Å². The Labute approximate surface area is 266 Å². The quantitative estimate of drug-likeness (QED) is 0.0546. The van der Waals surface area contributed by atoms with Crippen LogP contribution in [0.15, 0.2) is 58.7 Å². The van der Waals surface area contributed by atoms with Gasteiger partial charge in [0.1, 0.15) is 30.4 Å². The lowest BCUT2D eigenvalue weighted by Crippen LogP contribution is -2.65. The molecular formula is C31H39N7O8. The number of aliphatic hydroxyl groups is 1. The number of ether oxygens (including phenoxy) is 3. The summed E-state index contributed by atoms with van der Waals surface area (Å²) in [5.74, 6) is -1.54. The molecular weight excluding hydrogens is 598 g/mol. The number of esters is 1. The summed E-state index contributed by atoms with van der Waals surface area (Å²) in [7, 11) is 2.59. The Morgan fingerprint density at radius 1 is 1.13 bits per heavy atom. The minimum atomic E-state index is -1.52. The Morgan fingerprint density at radius 2 is 1.87 bits per heavy atom. The van der Waals surface area contributed by atoms with E-state index < -0.39 is 48.6 Å². The van der Waals surface area contributed by atoms with Gasteiger partial charge >= 0.3 is 12.1 Å². The van der Waals surface area contributed by atoms with Crippen LogP contribution in [0, 0.1) is 5.41 Å². The summed E-state index contributed by atoms with van der Waals surface area (Å²) in [6.45, 7) is 2.05. The number of carbonyl (C=O) groups excluding carboxylic acids is 3. The summed E-state index contributed by atoms with van der Waals surface area (Å²) in [5.41, 5.74) is 8.95. The van der Waals surface area contributed by atoms with Gasteiger partial charge in [-0.15, -0.1) is 0 Å². The maximum atomic E-state index is 13.3. The molecule has 0 spiro atoms. The molecule has 0 saturated carbocycles. The van der Waals surface area contributed by atoms with Crippen molar-refractivity contribution in [3.8, 4) is 0 Å². The van der Waals surface area contributed by atoms with Crippen molar-refractivity contribution >= 4 is 40.9 Å². The number of aliphatic hydroxyl groups excluding tert-OH is 1. The second-order valence-corrected chi connectivity index (χ2v) is 10.6. The predicted molar refractivity (Wildman–Crippen MR) is 168 cm³/mol. The topological polar surface area (TPSA) is 219 Å². The van der Waals surface area contributed by atoms with Crippen molar-refractivity contribution in [2.75, 3.05) is 20.8 Å². The van der Waals surface area contributed by atoms with Gasteiger partial charge in [0.25, 0.3) is 0 Å². The number of nitrogens with zero attached hydrogens (tertiary/aromatic N) is 2. The van der Waals surface area contributed by atoms with Gasteiger partial charge in [-0.2, -0.15) is 0 Å². The molecule has 2 aliphatic heterocycles. The molecule has 2 heterocycles. The zero-order chi connectivity index (χ0) is 33.2. The molecule has 15 nitrogen and oxygen atoms in total. The molecule has 0 saturated heterocycles. The zero-order valence-electron chi connectivity index (χ0n) is 25.8. The summed E-state index contributed by atoms with van der Waals surface area (Å²) in [6.07, 6.45) is -3.64. The molecule has 15 heteroatoms. The summed E-state index contributed by atoms with van der Waals surface area (Å²) in [6, 6.07) is 12.6. The van der Waals surface area contributed by atoms with E-state index in [9.17, 15) is 19.5 Å². The van der Waals surface area contributed by atoms with E-state index >= 15 is 0 Å². The fourth-order valence-corrected chi connectivity index (χ4v) is 4.97. The first-order valence-corrected chi connectivity index (χ1v) is 14.8. The second kappa shape index (κ2) is 15.9. The maximum absolute atomic E-state index is 13.3. The standard InChI is InChI=1S/C31H39N7O8/c1-4-5-14-45-31(42)36-25(30(41)44-3)28(37-29(40)24-26(43-2)20-8-6-7-9-21(20)34-24)35-23(39)16-19-15-22(38-46-19)17-10-12-18(13-11-17)27(32)33/h6-13,19,25-26,28-29,37,40H,4-5,14-16H2,1-3H3,(H3,32,33)(H,35,39)(H,36,42)/t19?,25?,26?,28-,29?/m1/s1. The van der Waals surface area contributed by atoms with Crippen LogP contribution >= 0.6 is 0 Å². The molecule has 246 valence electrons. The number of aliphatic imine (C=N–C) groups is 1. The first-order valence-electron chi connectivity index (χ1n) is 14.8. The summed E-state index contributed by atoms with van der Waals surface area (Å²) in [4.78, 5) is 48.8. The Hall–Kier alpha value is -4.86. The van der Waals surface area contributed by atoms with Gasteiger partial charge in [0.15, 0.2) is 6.04 Å². The maximum Gasteiger partial charge on any atom is 0.407 e. The Morgan fingerprint density at radius 3 is 2.54 bits per heavy atom. The van der Waals surface area contributed by atoms with E-state index in [0.717, 1.165) is 24.7 Å². The van der Waals surface area contributed by atoms with Crippen LogP contribution in [0.25, 0.3) is 0 Å². The smallest absolute Gasteiger partial charge is 0.407 e. The number of hydrogen-bond acceptors (Lipinski definition) is 12. The molecule has 0 radical (unpaired) electrons. The van der Waals surface area contributed by atoms with Gasteiger partial charge in [-0.3, -0.25) is 20.5 Å². The first-order chi connectivity index (χ1) is 22.1. The minimum Gasteiger partial charge on any atom is -0.467 e. The van der Waals surface area contributed by atoms with Crippen LogP contribution in [0.5, 0.6) is 0 Å². The SMILES string of the molecule is CCCCOC(=O)NC(C(=O)OC)[C@H](NC(=O)CC1CC(c2ccc(C(=N)N)cc2)=NO1)NC(O)C1=Nc2ccccc2C1OC. The molecule has 0 fully saturated rings. The summed E-state index contributed by atoms with van der Waals surface area (Å²) >= 11 is 0. The number of carbonyl (C=O) groups is 3. The van der Waals surface area contributed by atoms with Crippen LogP contribution in [-0.4, -0.2) is 85.7 Å². The molecule has 7 N–H and O–H groups in total. The average molecular weight is 638 g/mol. The highest BCUT2D eigenvalue weighted by molar-refractivity contribution is 6.03. The van der Waals surface area contributed by atoms with Crippen molar-refractivity contribution < 1.29 is 38.5 Å². The predicted octanol–water partition coefficient (Wildman–Crippen LogP) is 1.75. The minimum absolute atomic E-state index is 0.0600. The van der Waals surface area contributed by atoms with E-state index in [-0.39, 0.29) is 24.6 Å². The van der Waals surface area contributed by atoms with Crippen LogP contribution in [0.1, 0.15) is 55.4 Å². The Kier molecular flexibility index (Phi) is 11.8. The van der Waals surface area contributed by atoms with Crippen molar-refractivity contribution in [2.45, 2.75) is 63.3 Å². The molecule has 0 bridgehead atoms. The lowest BCUT2D eigenvalue weighted by atomic mass is 10.0. The third-order valence-electron chi connectivity index (χ3n) is 7.38. The number of unbranched alkanes of at least 4 members (excludes halogenated alkanes) is 1. The molecule has 2 aliphatic rings. The van der Waals surface area contributed by atoms with Crippen molar-refractivity contribution in [2.24, 2.45) is 15.9 Å². The van der Waals surface area contributed by atoms with Crippen LogP contribution in [0.4, 0.5) is 10.5 Å². The number of para-hydroxylation sites is 1. The van der Waals surface area contributed by atoms with Crippen molar-refractivity contribution in [1.29, 1.82) is 5.41 Å². The highest BCUT2D eigenvalue weighted by Gasteiger charge is 2.38. The van der Waals surface area contributed by atoms with Crippen LogP contribution in [0.2, 0.25) is 0 Å². The van der Waals surface area contributed by atoms with Gasteiger partial charge in [0, 0.05) is 24.7 Å². The van der Waals surface area contributed by atoms with Gasteiger partial charge in [-0.25, -0.2) is 9.59 Å². The third kappa shape index (κ3) is 8.44. The number of amidine groups is 1. The van der Waals surface area contributed by atoms with Crippen LogP contribution in [0.3, 0.4) is 0 Å². The lowest BCUT2D eigenvalue weighted by Gasteiger charge is -2.30. The fraction of sp³-hybridized carbons (Fsp3) is 0.419. The Balaban J connectivity index is 1.49. The zero-order valence-corrected chi connectivity index (χ0v) is 25.8. The third-order valence-corrected chi connectivity index (χ3v) is 7.38. The average Bonchev–Trinajstić information content (AvgIpc) is 3.67. The molecule has 5 atom stereocenters. The van der Waals surface area contributed by atoms with E-state index in [4.69, 9.17) is 30.2 Å². The summed E-state index contributed by atoms with van der Waals surface area (Å²) in [5, 5.41) is 30.8. The number of nitrogens with one attached hydrogen (secondary N) is 4. The molecule has 2 aromatic carbocycles. The van der Waals surface area contributed by atoms with E-state index in [2.05, 4.69) is 26.1 Å². The van der Waals surface area contributed by atoms with Gasteiger partial charge < -0.3 is 40.5 Å². The van der Waals surface area contributed by atoms with Crippen LogP contribution < -0.4 is 21.7 Å². The van der Waals surface area contributed by atoms with E-state index in [0.29, 0.717) is 29.8 Å². The molecule has 2 amide bonds. The molecule has 0 aromatic heterocycles.